The summed E-state index contributed by atoms with van der Waals surface area (Å²) in [6.45, 7) is 1.69. The van der Waals surface area contributed by atoms with Crippen LogP contribution in [-0.2, 0) is 17.6 Å². The molecule has 1 N–H and O–H groups in total. The van der Waals surface area contributed by atoms with Crippen molar-refractivity contribution >= 4 is 5.97 Å². The molecule has 0 aliphatic heterocycles. The largest absolute Gasteiger partial charge is 0.481 e. The maximum absolute atomic E-state index is 13.5. The van der Waals surface area contributed by atoms with Crippen LogP contribution in [0.3, 0.4) is 0 Å². The van der Waals surface area contributed by atoms with E-state index in [4.69, 9.17) is 0 Å². The molecule has 6 heteroatoms. The Kier molecular flexibility index (Phi) is 3.89. The molecule has 5 nitrogen and oxygen atoms in total. The lowest BCUT2D eigenvalue weighted by molar-refractivity contribution is -0.141. The molecule has 1 unspecified atom stereocenters. The number of aryl methyl sites for hydroxylation is 1. The quantitative estimate of drug-likeness (QED) is 0.893. The molecule has 0 amide bonds. The zero-order valence-corrected chi connectivity index (χ0v) is 10.3. The Morgan fingerprint density at radius 2 is 2.11 bits per heavy atom. The Balaban J connectivity index is 2.16. The molecule has 0 aliphatic carbocycles. The van der Waals surface area contributed by atoms with Gasteiger partial charge >= 0.3 is 5.97 Å². The van der Waals surface area contributed by atoms with Gasteiger partial charge in [0.1, 0.15) is 17.2 Å². The van der Waals surface area contributed by atoms with Crippen LogP contribution in [0, 0.1) is 18.7 Å². The van der Waals surface area contributed by atoms with Gasteiger partial charge in [0.05, 0.1) is 5.92 Å². The third-order valence-corrected chi connectivity index (χ3v) is 2.96. The summed E-state index contributed by atoms with van der Waals surface area (Å²) in [4.78, 5) is 11.3. The fraction of sp³-hybridized carbons (Fsp3) is 0.308. The van der Waals surface area contributed by atoms with Crippen molar-refractivity contribution in [3.05, 3.63) is 47.0 Å². The molecular formula is C13H13FN2O3. The fourth-order valence-corrected chi connectivity index (χ4v) is 1.84. The van der Waals surface area contributed by atoms with E-state index in [9.17, 15) is 14.3 Å². The summed E-state index contributed by atoms with van der Waals surface area (Å²) in [5.74, 6) is -2.16. The van der Waals surface area contributed by atoms with E-state index in [-0.39, 0.29) is 12.8 Å². The lowest BCUT2D eigenvalue weighted by atomic mass is 9.94. The van der Waals surface area contributed by atoms with Crippen molar-refractivity contribution in [1.29, 1.82) is 0 Å². The van der Waals surface area contributed by atoms with Crippen molar-refractivity contribution < 1.29 is 18.9 Å². The number of aromatic nitrogens is 2. The fourth-order valence-electron chi connectivity index (χ4n) is 1.84. The third-order valence-electron chi connectivity index (χ3n) is 2.96. The molecule has 2 rings (SSSR count). The van der Waals surface area contributed by atoms with E-state index in [1.54, 1.807) is 25.1 Å². The minimum absolute atomic E-state index is 0.105. The van der Waals surface area contributed by atoms with Crippen molar-refractivity contribution in [2.75, 3.05) is 0 Å². The smallest absolute Gasteiger partial charge is 0.307 e. The van der Waals surface area contributed by atoms with Gasteiger partial charge in [-0.25, -0.2) is 9.02 Å². The van der Waals surface area contributed by atoms with Crippen molar-refractivity contribution in [3.63, 3.8) is 0 Å². The molecule has 0 bridgehead atoms. The molecule has 1 atom stereocenters. The number of halogens is 1. The zero-order chi connectivity index (χ0) is 13.8. The zero-order valence-electron chi connectivity index (χ0n) is 10.3. The topological polar surface area (TPSA) is 76.2 Å². The molecule has 100 valence electrons. The SMILES string of the molecule is Cc1nonc1CC(Cc1ccccc1F)C(=O)O. The van der Waals surface area contributed by atoms with E-state index in [0.29, 0.717) is 17.0 Å². The first-order valence-electron chi connectivity index (χ1n) is 5.82. The lowest BCUT2D eigenvalue weighted by Crippen LogP contribution is -2.20. The monoisotopic (exact) mass is 264 g/mol. The highest BCUT2D eigenvalue weighted by molar-refractivity contribution is 5.70. The van der Waals surface area contributed by atoms with Gasteiger partial charge in [-0.3, -0.25) is 4.79 Å². The first kappa shape index (κ1) is 13.2. The predicted molar refractivity (Wildman–Crippen MR) is 64.0 cm³/mol. The molecule has 0 radical (unpaired) electrons. The Morgan fingerprint density at radius 3 is 2.68 bits per heavy atom. The average molecular weight is 264 g/mol. The molecule has 0 aliphatic rings. The summed E-state index contributed by atoms with van der Waals surface area (Å²) in [5, 5.41) is 16.5. The maximum atomic E-state index is 13.5. The van der Waals surface area contributed by atoms with E-state index in [1.807, 2.05) is 0 Å². The van der Waals surface area contributed by atoms with Crippen molar-refractivity contribution in [2.45, 2.75) is 19.8 Å². The Labute approximate surface area is 109 Å². The van der Waals surface area contributed by atoms with Crippen LogP contribution < -0.4 is 0 Å². The maximum Gasteiger partial charge on any atom is 0.307 e. The first-order valence-corrected chi connectivity index (χ1v) is 5.82. The number of nitrogens with zero attached hydrogens (tertiary/aromatic N) is 2. The second-order valence-electron chi connectivity index (χ2n) is 4.33. The van der Waals surface area contributed by atoms with Crippen LogP contribution >= 0.6 is 0 Å². The number of hydrogen-bond acceptors (Lipinski definition) is 4. The van der Waals surface area contributed by atoms with E-state index in [0.717, 1.165) is 0 Å². The van der Waals surface area contributed by atoms with Crippen LogP contribution in [0.4, 0.5) is 4.39 Å². The van der Waals surface area contributed by atoms with E-state index >= 15 is 0 Å². The normalized spacial score (nSPS) is 12.3. The number of rotatable bonds is 5. The highest BCUT2D eigenvalue weighted by Gasteiger charge is 2.22. The van der Waals surface area contributed by atoms with Gasteiger partial charge in [0.2, 0.25) is 0 Å². The highest BCUT2D eigenvalue weighted by Crippen LogP contribution is 2.17. The van der Waals surface area contributed by atoms with Gasteiger partial charge in [-0.05, 0) is 25.0 Å². The van der Waals surface area contributed by atoms with Gasteiger partial charge in [-0.1, -0.05) is 28.5 Å². The summed E-state index contributed by atoms with van der Waals surface area (Å²) in [7, 11) is 0. The Bertz CT molecular complexity index is 583. The van der Waals surface area contributed by atoms with E-state index in [2.05, 4.69) is 14.9 Å². The summed E-state index contributed by atoms with van der Waals surface area (Å²) < 4.78 is 18.1. The van der Waals surface area contributed by atoms with Gasteiger partial charge in [-0.2, -0.15) is 0 Å². The van der Waals surface area contributed by atoms with Crippen LogP contribution in [0.15, 0.2) is 28.9 Å². The molecule has 19 heavy (non-hydrogen) atoms. The van der Waals surface area contributed by atoms with Crippen molar-refractivity contribution in [2.24, 2.45) is 5.92 Å². The van der Waals surface area contributed by atoms with Gasteiger partial charge in [0, 0.05) is 6.42 Å². The lowest BCUT2D eigenvalue weighted by Gasteiger charge is -2.11. The average Bonchev–Trinajstić information content (AvgIpc) is 2.76. The number of hydrogen-bond donors (Lipinski definition) is 1. The van der Waals surface area contributed by atoms with Crippen molar-refractivity contribution in [3.8, 4) is 0 Å². The van der Waals surface area contributed by atoms with Crippen LogP contribution in [0.2, 0.25) is 0 Å². The molecule has 1 aromatic carbocycles. The Morgan fingerprint density at radius 1 is 1.37 bits per heavy atom. The van der Waals surface area contributed by atoms with E-state index in [1.165, 1.54) is 6.07 Å². The van der Waals surface area contributed by atoms with Gasteiger partial charge in [0.15, 0.2) is 0 Å². The molecule has 2 aromatic rings. The molecule has 0 saturated carbocycles. The summed E-state index contributed by atoms with van der Waals surface area (Å²) in [6.07, 6.45) is 0.271. The standard InChI is InChI=1S/C13H13FN2O3/c1-8-12(16-19-15-8)7-10(13(17)18)6-9-4-2-3-5-11(9)14/h2-5,10H,6-7H2,1H3,(H,17,18). The second-order valence-corrected chi connectivity index (χ2v) is 4.33. The van der Waals surface area contributed by atoms with Gasteiger partial charge in [0.25, 0.3) is 0 Å². The molecular weight excluding hydrogens is 251 g/mol. The van der Waals surface area contributed by atoms with Crippen LogP contribution in [0.5, 0.6) is 0 Å². The molecule has 0 saturated heterocycles. The molecule has 0 spiro atoms. The summed E-state index contributed by atoms with van der Waals surface area (Å²) in [5.41, 5.74) is 1.42. The molecule has 1 aromatic heterocycles. The number of aliphatic carboxylic acids is 1. The van der Waals surface area contributed by atoms with Crippen molar-refractivity contribution in [1.82, 2.24) is 10.3 Å². The van der Waals surface area contributed by atoms with Gasteiger partial charge < -0.3 is 5.11 Å². The molecule has 0 fully saturated rings. The molecule has 1 heterocycles. The van der Waals surface area contributed by atoms with Gasteiger partial charge in [-0.15, -0.1) is 0 Å². The minimum atomic E-state index is -0.995. The van der Waals surface area contributed by atoms with Crippen LogP contribution in [-0.4, -0.2) is 21.4 Å². The minimum Gasteiger partial charge on any atom is -0.481 e. The second kappa shape index (κ2) is 5.60. The number of carboxylic acid groups (broad SMARTS) is 1. The van der Waals surface area contributed by atoms with Crippen LogP contribution in [0.25, 0.3) is 0 Å². The van der Waals surface area contributed by atoms with E-state index < -0.39 is 17.7 Å². The number of carbonyl (C=O) groups is 1. The summed E-state index contributed by atoms with van der Waals surface area (Å²) in [6, 6.07) is 6.15. The highest BCUT2D eigenvalue weighted by atomic mass is 19.1. The predicted octanol–water partition coefficient (Wildman–Crippen LogP) is 2.00. The van der Waals surface area contributed by atoms with Crippen LogP contribution in [0.1, 0.15) is 17.0 Å². The summed E-state index contributed by atoms with van der Waals surface area (Å²) >= 11 is 0. The number of carboxylic acids is 1. The third kappa shape index (κ3) is 3.15. The number of benzene rings is 1. The Hall–Kier alpha value is -2.24. The first-order chi connectivity index (χ1) is 9.08.